The molecule has 1 aromatic rings. The van der Waals surface area contributed by atoms with Crippen molar-refractivity contribution in [3.05, 3.63) is 29.3 Å². The lowest BCUT2D eigenvalue weighted by atomic mass is 10.0. The highest BCUT2D eigenvalue weighted by atomic mass is 32.2. The van der Waals surface area contributed by atoms with Gasteiger partial charge in [0.05, 0.1) is 24.5 Å². The number of aliphatic carboxylic acids is 1. The molecule has 0 amide bonds. The van der Waals surface area contributed by atoms with Crippen molar-refractivity contribution in [2.24, 2.45) is 0 Å². The topological polar surface area (TPSA) is 94.9 Å². The van der Waals surface area contributed by atoms with E-state index in [1.54, 1.807) is 18.2 Å². The Morgan fingerprint density at radius 2 is 2.15 bits per heavy atom. The highest BCUT2D eigenvalue weighted by Gasteiger charge is 2.32. The number of carbonyl (C=O) groups is 1. The van der Waals surface area contributed by atoms with E-state index in [2.05, 4.69) is 0 Å². The molecule has 7 heteroatoms. The second kappa shape index (κ2) is 5.06. The average molecular weight is 299 g/mol. The van der Waals surface area contributed by atoms with Crippen LogP contribution in [0.4, 0.5) is 5.69 Å². The highest BCUT2D eigenvalue weighted by Crippen LogP contribution is 2.36. The quantitative estimate of drug-likeness (QED) is 0.861. The van der Waals surface area contributed by atoms with E-state index in [9.17, 15) is 18.3 Å². The second-order valence-electron chi connectivity index (χ2n) is 5.11. The molecule has 0 aromatic heterocycles. The molecule has 110 valence electrons. The molecule has 20 heavy (non-hydrogen) atoms. The second-order valence-corrected chi connectivity index (χ2v) is 6.97. The number of fused-ring (bicyclic) bond motifs is 1. The largest absolute Gasteiger partial charge is 0.481 e. The van der Waals surface area contributed by atoms with Gasteiger partial charge in [-0.3, -0.25) is 9.10 Å². The molecular formula is C13H17NO5S. The lowest BCUT2D eigenvalue weighted by molar-refractivity contribution is -0.139. The standard InChI is InChI=1S/C13H17NO5S/c1-8-5-10-6-9(12(15)7-13(16)17)3-4-11(10)14(8)20(2,18)19/h3-4,6,8,12,15H,5,7H2,1-2H3,(H,16,17). The van der Waals surface area contributed by atoms with Gasteiger partial charge in [0, 0.05) is 6.04 Å². The van der Waals surface area contributed by atoms with Crippen LogP contribution < -0.4 is 4.31 Å². The fraction of sp³-hybridized carbons (Fsp3) is 0.462. The summed E-state index contributed by atoms with van der Waals surface area (Å²) in [6, 6.07) is 4.71. The summed E-state index contributed by atoms with van der Waals surface area (Å²) < 4.78 is 24.9. The van der Waals surface area contributed by atoms with Gasteiger partial charge >= 0.3 is 5.97 Å². The maximum atomic E-state index is 11.8. The summed E-state index contributed by atoms with van der Waals surface area (Å²) in [6.07, 6.45) is 0.256. The SMILES string of the molecule is CC1Cc2cc(C(O)CC(=O)O)ccc2N1S(C)(=O)=O. The van der Waals surface area contributed by atoms with E-state index in [1.807, 2.05) is 6.92 Å². The van der Waals surface area contributed by atoms with Crippen molar-refractivity contribution in [2.75, 3.05) is 10.6 Å². The van der Waals surface area contributed by atoms with Gasteiger partial charge in [-0.15, -0.1) is 0 Å². The summed E-state index contributed by atoms with van der Waals surface area (Å²) in [7, 11) is -3.34. The molecule has 2 rings (SSSR count). The summed E-state index contributed by atoms with van der Waals surface area (Å²) in [5.41, 5.74) is 1.91. The molecule has 1 aliphatic rings. The Kier molecular flexibility index (Phi) is 3.75. The van der Waals surface area contributed by atoms with E-state index < -0.39 is 22.1 Å². The van der Waals surface area contributed by atoms with Crippen LogP contribution in [0.25, 0.3) is 0 Å². The van der Waals surface area contributed by atoms with Crippen LogP contribution in [-0.2, 0) is 21.2 Å². The molecule has 0 saturated heterocycles. The van der Waals surface area contributed by atoms with Gasteiger partial charge in [-0.25, -0.2) is 8.42 Å². The number of sulfonamides is 1. The summed E-state index contributed by atoms with van der Waals surface area (Å²) >= 11 is 0. The zero-order valence-corrected chi connectivity index (χ0v) is 12.1. The highest BCUT2D eigenvalue weighted by molar-refractivity contribution is 7.92. The van der Waals surface area contributed by atoms with E-state index >= 15 is 0 Å². The van der Waals surface area contributed by atoms with Gasteiger partial charge in [0.15, 0.2) is 0 Å². The van der Waals surface area contributed by atoms with Crippen molar-refractivity contribution in [3.8, 4) is 0 Å². The molecule has 1 aliphatic heterocycles. The fourth-order valence-corrected chi connectivity index (χ4v) is 3.88. The third kappa shape index (κ3) is 2.78. The molecular weight excluding hydrogens is 282 g/mol. The lowest BCUT2D eigenvalue weighted by Crippen LogP contribution is -2.34. The van der Waals surface area contributed by atoms with Crippen molar-refractivity contribution >= 4 is 21.7 Å². The molecule has 0 spiro atoms. The van der Waals surface area contributed by atoms with Crippen LogP contribution in [0.1, 0.15) is 30.6 Å². The first-order valence-corrected chi connectivity index (χ1v) is 8.07. The number of rotatable bonds is 4. The zero-order valence-electron chi connectivity index (χ0n) is 11.3. The maximum absolute atomic E-state index is 11.8. The zero-order chi connectivity index (χ0) is 15.1. The van der Waals surface area contributed by atoms with Gasteiger partial charge in [-0.1, -0.05) is 12.1 Å². The van der Waals surface area contributed by atoms with Crippen LogP contribution in [0.5, 0.6) is 0 Å². The monoisotopic (exact) mass is 299 g/mol. The van der Waals surface area contributed by atoms with Gasteiger partial charge in [-0.2, -0.15) is 0 Å². The van der Waals surface area contributed by atoms with Crippen molar-refractivity contribution in [3.63, 3.8) is 0 Å². The van der Waals surface area contributed by atoms with Crippen molar-refractivity contribution < 1.29 is 23.4 Å². The van der Waals surface area contributed by atoms with Crippen molar-refractivity contribution in [1.82, 2.24) is 0 Å². The Morgan fingerprint density at radius 3 is 2.70 bits per heavy atom. The van der Waals surface area contributed by atoms with E-state index in [4.69, 9.17) is 5.11 Å². The van der Waals surface area contributed by atoms with E-state index in [-0.39, 0.29) is 12.5 Å². The number of carboxylic acid groups (broad SMARTS) is 1. The Morgan fingerprint density at radius 1 is 1.50 bits per heavy atom. The Balaban J connectivity index is 2.36. The van der Waals surface area contributed by atoms with Gasteiger partial charge in [0.1, 0.15) is 0 Å². The van der Waals surface area contributed by atoms with Crippen LogP contribution in [-0.4, -0.2) is 36.9 Å². The van der Waals surface area contributed by atoms with Gasteiger partial charge in [-0.05, 0) is 30.5 Å². The number of carboxylic acids is 1. The molecule has 1 aromatic carbocycles. The van der Waals surface area contributed by atoms with E-state index in [0.717, 1.165) is 11.8 Å². The molecule has 0 fully saturated rings. The van der Waals surface area contributed by atoms with Crippen LogP contribution in [0, 0.1) is 0 Å². The number of nitrogens with zero attached hydrogens (tertiary/aromatic N) is 1. The predicted molar refractivity (Wildman–Crippen MR) is 74.1 cm³/mol. The number of benzene rings is 1. The number of hydrogen-bond donors (Lipinski definition) is 2. The first-order valence-electron chi connectivity index (χ1n) is 6.22. The van der Waals surface area contributed by atoms with Crippen LogP contribution >= 0.6 is 0 Å². The molecule has 0 radical (unpaired) electrons. The summed E-state index contributed by atoms with van der Waals surface area (Å²) in [5.74, 6) is -1.08. The van der Waals surface area contributed by atoms with Crippen molar-refractivity contribution in [2.45, 2.75) is 31.9 Å². The van der Waals surface area contributed by atoms with E-state index in [0.29, 0.717) is 17.7 Å². The van der Waals surface area contributed by atoms with Crippen molar-refractivity contribution in [1.29, 1.82) is 0 Å². The molecule has 2 atom stereocenters. The molecule has 0 saturated carbocycles. The Hall–Kier alpha value is -1.60. The predicted octanol–water partition coefficient (Wildman–Crippen LogP) is 0.905. The Labute approximate surface area is 117 Å². The summed E-state index contributed by atoms with van der Waals surface area (Å²) in [6.45, 7) is 1.81. The number of aliphatic hydroxyl groups excluding tert-OH is 1. The fourth-order valence-electron chi connectivity index (χ4n) is 2.62. The molecule has 2 unspecified atom stereocenters. The van der Waals surface area contributed by atoms with Gasteiger partial charge in [0.25, 0.3) is 0 Å². The lowest BCUT2D eigenvalue weighted by Gasteiger charge is -2.22. The summed E-state index contributed by atoms with van der Waals surface area (Å²) in [4.78, 5) is 10.6. The first-order chi connectivity index (χ1) is 9.20. The van der Waals surface area contributed by atoms with E-state index in [1.165, 1.54) is 4.31 Å². The van der Waals surface area contributed by atoms with Gasteiger partial charge in [0.2, 0.25) is 10.0 Å². The number of anilines is 1. The maximum Gasteiger partial charge on any atom is 0.306 e. The minimum atomic E-state index is -3.34. The minimum absolute atomic E-state index is 0.174. The third-order valence-corrected chi connectivity index (χ3v) is 4.64. The molecule has 6 nitrogen and oxygen atoms in total. The first kappa shape index (κ1) is 14.8. The van der Waals surface area contributed by atoms with Crippen LogP contribution in [0.3, 0.4) is 0 Å². The number of aliphatic hydroxyl groups is 1. The third-order valence-electron chi connectivity index (χ3n) is 3.37. The normalized spacial score (nSPS) is 19.8. The van der Waals surface area contributed by atoms with Crippen LogP contribution in [0.2, 0.25) is 0 Å². The Bertz CT molecular complexity index is 640. The molecule has 0 aliphatic carbocycles. The average Bonchev–Trinajstić information content (AvgIpc) is 2.61. The number of hydrogen-bond acceptors (Lipinski definition) is 4. The molecule has 1 heterocycles. The summed E-state index contributed by atoms with van der Waals surface area (Å²) in [5, 5.41) is 18.5. The minimum Gasteiger partial charge on any atom is -0.481 e. The molecule has 2 N–H and O–H groups in total. The smallest absolute Gasteiger partial charge is 0.306 e. The van der Waals surface area contributed by atoms with Gasteiger partial charge < -0.3 is 10.2 Å². The van der Waals surface area contributed by atoms with Crippen LogP contribution in [0.15, 0.2) is 18.2 Å². The molecule has 0 bridgehead atoms.